The summed E-state index contributed by atoms with van der Waals surface area (Å²) >= 11 is 0. The number of hydrogen-bond acceptors (Lipinski definition) is 7. The van der Waals surface area contributed by atoms with Crippen molar-refractivity contribution >= 4 is 17.8 Å². The third-order valence-electron chi connectivity index (χ3n) is 4.30. The maximum atomic E-state index is 13.1. The highest BCUT2D eigenvalue weighted by atomic mass is 19.1. The fraction of sp³-hybridized carbons (Fsp3) is 0.150. The molecule has 0 radical (unpaired) electrons. The molecule has 148 valence electrons. The normalized spacial score (nSPS) is 15.6. The minimum absolute atomic E-state index is 0.105. The molecule has 2 heterocycles. The third-order valence-corrected chi connectivity index (χ3v) is 4.30. The molecule has 4 rings (SSSR count). The first kappa shape index (κ1) is 18.5. The first-order valence-electron chi connectivity index (χ1n) is 8.71. The van der Waals surface area contributed by atoms with Crippen LogP contribution in [0.5, 0.6) is 5.75 Å². The summed E-state index contributed by atoms with van der Waals surface area (Å²) in [5.41, 5.74) is 7.20. The zero-order valence-corrected chi connectivity index (χ0v) is 15.1. The van der Waals surface area contributed by atoms with Crippen LogP contribution in [0, 0.1) is 5.82 Å². The van der Waals surface area contributed by atoms with Crippen LogP contribution in [0.4, 0.5) is 15.0 Å². The predicted octanol–water partition coefficient (Wildman–Crippen LogP) is 2.74. The van der Waals surface area contributed by atoms with E-state index in [1.807, 2.05) is 0 Å². The number of carbonyl (C=O) groups excluding carboxylic acids is 2. The Hall–Kier alpha value is -3.88. The van der Waals surface area contributed by atoms with Crippen LogP contribution in [-0.2, 0) is 9.47 Å². The maximum Gasteiger partial charge on any atom is 0.508 e. The SMILES string of the molecule is Nc1c(C(=O)c2cccc(OC[C@@H]3COC(=O)O3)c2)cnn1-c1ccc(F)cc1. The van der Waals surface area contributed by atoms with Gasteiger partial charge in [0.1, 0.15) is 30.6 Å². The second kappa shape index (κ2) is 7.63. The fourth-order valence-electron chi connectivity index (χ4n) is 2.84. The Bertz CT molecular complexity index is 1060. The van der Waals surface area contributed by atoms with Gasteiger partial charge in [-0.3, -0.25) is 4.79 Å². The molecular formula is C20H16FN3O5. The quantitative estimate of drug-likeness (QED) is 0.504. The van der Waals surface area contributed by atoms with Gasteiger partial charge in [-0.15, -0.1) is 0 Å². The predicted molar refractivity (Wildman–Crippen MR) is 99.5 cm³/mol. The molecule has 1 atom stereocenters. The standard InChI is InChI=1S/C20H16FN3O5/c21-13-4-6-14(7-5-13)24-19(22)17(9-23-24)18(25)12-2-1-3-15(8-12)27-10-16-11-28-20(26)29-16/h1-9,16H,10-11,22H2/t16-/m1/s1. The summed E-state index contributed by atoms with van der Waals surface area (Å²) in [5.74, 6) is -0.144. The van der Waals surface area contributed by atoms with Crippen molar-refractivity contribution in [3.05, 3.63) is 71.7 Å². The van der Waals surface area contributed by atoms with Gasteiger partial charge in [-0.25, -0.2) is 13.9 Å². The van der Waals surface area contributed by atoms with Crippen molar-refractivity contribution in [2.75, 3.05) is 18.9 Å². The Kier molecular flexibility index (Phi) is 4.86. The fourth-order valence-corrected chi connectivity index (χ4v) is 2.84. The zero-order chi connectivity index (χ0) is 20.4. The van der Waals surface area contributed by atoms with Crippen LogP contribution >= 0.6 is 0 Å². The average Bonchev–Trinajstić information content (AvgIpc) is 3.32. The molecule has 8 nitrogen and oxygen atoms in total. The molecule has 0 aliphatic carbocycles. The van der Waals surface area contributed by atoms with Gasteiger partial charge in [0.25, 0.3) is 0 Å². The Labute approximate surface area is 164 Å². The lowest BCUT2D eigenvalue weighted by molar-refractivity contribution is 0.0983. The number of aromatic nitrogens is 2. The number of nitrogen functional groups attached to an aromatic ring is 1. The van der Waals surface area contributed by atoms with Gasteiger partial charge in [0, 0.05) is 5.56 Å². The Morgan fingerprint density at radius 3 is 2.79 bits per heavy atom. The zero-order valence-electron chi connectivity index (χ0n) is 15.1. The van der Waals surface area contributed by atoms with E-state index in [9.17, 15) is 14.0 Å². The number of ether oxygens (including phenoxy) is 3. The lowest BCUT2D eigenvalue weighted by Crippen LogP contribution is -2.20. The molecule has 2 N–H and O–H groups in total. The number of nitrogens with two attached hydrogens (primary N) is 1. The largest absolute Gasteiger partial charge is 0.508 e. The molecule has 0 unspecified atom stereocenters. The number of halogens is 1. The topological polar surface area (TPSA) is 106 Å². The highest BCUT2D eigenvalue weighted by Crippen LogP contribution is 2.23. The van der Waals surface area contributed by atoms with Gasteiger partial charge < -0.3 is 19.9 Å². The van der Waals surface area contributed by atoms with Crippen LogP contribution in [0.1, 0.15) is 15.9 Å². The van der Waals surface area contributed by atoms with E-state index in [-0.39, 0.29) is 36.2 Å². The van der Waals surface area contributed by atoms with Crippen molar-refractivity contribution in [1.82, 2.24) is 9.78 Å². The first-order valence-corrected chi connectivity index (χ1v) is 8.71. The molecule has 1 fully saturated rings. The number of ketones is 1. The molecule has 0 bridgehead atoms. The minimum atomic E-state index is -0.726. The number of nitrogens with zero attached hydrogens (tertiary/aromatic N) is 2. The van der Waals surface area contributed by atoms with Gasteiger partial charge >= 0.3 is 6.16 Å². The average molecular weight is 397 g/mol. The molecule has 1 aliphatic rings. The van der Waals surface area contributed by atoms with Gasteiger partial charge in [0.05, 0.1) is 17.4 Å². The van der Waals surface area contributed by atoms with Crippen LogP contribution in [0.2, 0.25) is 0 Å². The highest BCUT2D eigenvalue weighted by molar-refractivity contribution is 6.11. The van der Waals surface area contributed by atoms with Crippen molar-refractivity contribution in [2.24, 2.45) is 0 Å². The molecule has 1 saturated heterocycles. The Balaban J connectivity index is 1.51. The van der Waals surface area contributed by atoms with Crippen LogP contribution in [0.25, 0.3) is 5.69 Å². The number of carbonyl (C=O) groups is 2. The second-order valence-corrected chi connectivity index (χ2v) is 6.30. The first-order chi connectivity index (χ1) is 14.0. The van der Waals surface area contributed by atoms with Gasteiger partial charge in [-0.05, 0) is 36.4 Å². The van der Waals surface area contributed by atoms with Gasteiger partial charge in [0.15, 0.2) is 11.9 Å². The third kappa shape index (κ3) is 3.88. The number of cyclic esters (lactones) is 2. The molecule has 2 aromatic carbocycles. The minimum Gasteiger partial charge on any atom is -0.490 e. The number of benzene rings is 2. The molecule has 3 aromatic rings. The lowest BCUT2D eigenvalue weighted by Gasteiger charge is -2.10. The summed E-state index contributed by atoms with van der Waals surface area (Å²) in [5, 5.41) is 4.14. The maximum absolute atomic E-state index is 13.1. The van der Waals surface area contributed by atoms with Gasteiger partial charge in [-0.2, -0.15) is 5.10 Å². The van der Waals surface area contributed by atoms with Gasteiger partial charge in [0.2, 0.25) is 0 Å². The summed E-state index contributed by atoms with van der Waals surface area (Å²) in [6.07, 6.45) is 0.145. The monoisotopic (exact) mass is 397 g/mol. The van der Waals surface area contributed by atoms with Crippen molar-refractivity contribution in [3.63, 3.8) is 0 Å². The molecule has 1 aromatic heterocycles. The Morgan fingerprint density at radius 2 is 2.07 bits per heavy atom. The van der Waals surface area contributed by atoms with E-state index in [1.165, 1.54) is 35.1 Å². The lowest BCUT2D eigenvalue weighted by atomic mass is 10.1. The second-order valence-electron chi connectivity index (χ2n) is 6.30. The van der Waals surface area contributed by atoms with Crippen LogP contribution in [-0.4, -0.2) is 41.0 Å². The molecule has 0 amide bonds. The van der Waals surface area contributed by atoms with Crippen molar-refractivity contribution in [2.45, 2.75) is 6.10 Å². The van der Waals surface area contributed by atoms with E-state index in [0.717, 1.165) is 0 Å². The smallest absolute Gasteiger partial charge is 0.490 e. The van der Waals surface area contributed by atoms with E-state index < -0.39 is 12.3 Å². The van der Waals surface area contributed by atoms with E-state index in [0.29, 0.717) is 17.0 Å². The number of rotatable bonds is 6. The van der Waals surface area contributed by atoms with Crippen LogP contribution in [0.15, 0.2) is 54.7 Å². The summed E-state index contributed by atoms with van der Waals surface area (Å²) < 4.78 is 29.7. The van der Waals surface area contributed by atoms with E-state index >= 15 is 0 Å². The summed E-state index contributed by atoms with van der Waals surface area (Å²) in [6, 6.07) is 12.1. The number of anilines is 1. The van der Waals surface area contributed by atoms with E-state index in [2.05, 4.69) is 5.10 Å². The van der Waals surface area contributed by atoms with E-state index in [1.54, 1.807) is 24.3 Å². The molecule has 1 aliphatic heterocycles. The van der Waals surface area contributed by atoms with Crippen LogP contribution < -0.4 is 10.5 Å². The van der Waals surface area contributed by atoms with Crippen LogP contribution in [0.3, 0.4) is 0 Å². The van der Waals surface area contributed by atoms with Gasteiger partial charge in [-0.1, -0.05) is 12.1 Å². The number of hydrogen-bond donors (Lipinski definition) is 1. The summed E-state index contributed by atoms with van der Waals surface area (Å²) in [4.78, 5) is 23.8. The molecule has 0 spiro atoms. The molecule has 0 saturated carbocycles. The molecular weight excluding hydrogens is 381 g/mol. The van der Waals surface area contributed by atoms with Crippen molar-refractivity contribution in [1.29, 1.82) is 0 Å². The summed E-state index contributed by atoms with van der Waals surface area (Å²) in [6.45, 7) is 0.227. The Morgan fingerprint density at radius 1 is 1.28 bits per heavy atom. The van der Waals surface area contributed by atoms with Crippen molar-refractivity contribution in [3.8, 4) is 11.4 Å². The van der Waals surface area contributed by atoms with E-state index in [4.69, 9.17) is 19.9 Å². The molecule has 29 heavy (non-hydrogen) atoms. The molecule has 9 heteroatoms. The summed E-state index contributed by atoms with van der Waals surface area (Å²) in [7, 11) is 0. The highest BCUT2D eigenvalue weighted by Gasteiger charge is 2.25. The van der Waals surface area contributed by atoms with Crippen molar-refractivity contribution < 1.29 is 28.2 Å².